The maximum absolute atomic E-state index is 6.21. The Morgan fingerprint density at radius 3 is 2.33 bits per heavy atom. The third kappa shape index (κ3) is 3.60. The smallest absolute Gasteiger partial charge is 0.138 e. The summed E-state index contributed by atoms with van der Waals surface area (Å²) in [4.78, 5) is 8.90. The van der Waals surface area contributed by atoms with Crippen LogP contribution in [0.15, 0.2) is 18.2 Å². The van der Waals surface area contributed by atoms with Crippen LogP contribution in [0.25, 0.3) is 0 Å². The summed E-state index contributed by atoms with van der Waals surface area (Å²) in [6, 6.07) is 5.38. The second-order valence-electron chi connectivity index (χ2n) is 5.79. The summed E-state index contributed by atoms with van der Waals surface area (Å²) in [5.41, 5.74) is 1.24. The largest absolute Gasteiger partial charge is 0.339 e. The Hall–Kier alpha value is -1.03. The number of nitrogens with one attached hydrogen (secondary N) is 1. The molecular weight excluding hydrogens is 329 g/mol. The summed E-state index contributed by atoms with van der Waals surface area (Å²) >= 11 is 18.4. The molecule has 0 unspecified atom stereocenters. The molecule has 21 heavy (non-hydrogen) atoms. The van der Waals surface area contributed by atoms with Crippen molar-refractivity contribution in [2.75, 3.05) is 5.32 Å². The average Bonchev–Trinajstić information content (AvgIpc) is 2.38. The number of nitrogens with zero attached hydrogens (tertiary/aromatic N) is 2. The van der Waals surface area contributed by atoms with Crippen LogP contribution in [0.3, 0.4) is 0 Å². The van der Waals surface area contributed by atoms with E-state index >= 15 is 0 Å². The van der Waals surface area contributed by atoms with Crippen LogP contribution in [0, 0.1) is 6.92 Å². The van der Waals surface area contributed by atoms with Gasteiger partial charge in [0.2, 0.25) is 0 Å². The van der Waals surface area contributed by atoms with Crippen molar-refractivity contribution < 1.29 is 0 Å². The summed E-state index contributed by atoms with van der Waals surface area (Å²) in [7, 11) is 0. The minimum absolute atomic E-state index is 0.202. The average molecular weight is 345 g/mol. The van der Waals surface area contributed by atoms with Crippen molar-refractivity contribution in [2.45, 2.75) is 33.1 Å². The van der Waals surface area contributed by atoms with Gasteiger partial charge in [0, 0.05) is 11.0 Å². The molecule has 0 atom stereocenters. The Kier molecular flexibility index (Phi) is 4.66. The van der Waals surface area contributed by atoms with E-state index in [-0.39, 0.29) is 5.41 Å². The minimum Gasteiger partial charge on any atom is -0.339 e. The van der Waals surface area contributed by atoms with Gasteiger partial charge in [0.05, 0.1) is 15.7 Å². The van der Waals surface area contributed by atoms with E-state index in [4.69, 9.17) is 34.8 Å². The van der Waals surface area contributed by atoms with E-state index in [9.17, 15) is 0 Å². The molecule has 1 aromatic heterocycles. The van der Waals surface area contributed by atoms with Crippen LogP contribution in [0.4, 0.5) is 11.5 Å². The molecule has 0 spiro atoms. The first-order chi connectivity index (χ1) is 9.70. The summed E-state index contributed by atoms with van der Waals surface area (Å²) in [6.45, 7) is 7.95. The number of hydrogen-bond donors (Lipinski definition) is 1. The quantitative estimate of drug-likeness (QED) is 0.701. The molecule has 0 bridgehead atoms. The van der Waals surface area contributed by atoms with Gasteiger partial charge >= 0.3 is 0 Å². The maximum Gasteiger partial charge on any atom is 0.138 e. The van der Waals surface area contributed by atoms with Gasteiger partial charge in [0.15, 0.2) is 0 Å². The van der Waals surface area contributed by atoms with Crippen LogP contribution < -0.4 is 5.32 Å². The van der Waals surface area contributed by atoms with Crippen molar-refractivity contribution in [3.8, 4) is 0 Å². The fourth-order valence-electron chi connectivity index (χ4n) is 1.67. The molecule has 0 aliphatic rings. The molecule has 2 rings (SSSR count). The number of anilines is 2. The standard InChI is InChI=1S/C15H16Cl3N3/c1-8-12(18)20-14(15(2,3)4)21-13(8)19-10-7-5-6-9(16)11(10)17/h5-7H,1-4H3,(H,19,20,21). The van der Waals surface area contributed by atoms with E-state index in [0.717, 1.165) is 5.56 Å². The Labute approximate surface area is 139 Å². The first-order valence-corrected chi connectivity index (χ1v) is 7.59. The second-order valence-corrected chi connectivity index (χ2v) is 6.93. The Balaban J connectivity index is 2.49. The lowest BCUT2D eigenvalue weighted by molar-refractivity contribution is 0.545. The molecule has 1 N–H and O–H groups in total. The number of hydrogen-bond acceptors (Lipinski definition) is 3. The molecule has 0 fully saturated rings. The zero-order valence-corrected chi connectivity index (χ0v) is 14.5. The topological polar surface area (TPSA) is 37.8 Å². The third-order valence-electron chi connectivity index (χ3n) is 2.96. The summed E-state index contributed by atoms with van der Waals surface area (Å²) in [5.74, 6) is 1.29. The highest BCUT2D eigenvalue weighted by molar-refractivity contribution is 6.43. The van der Waals surface area contributed by atoms with Gasteiger partial charge in [-0.05, 0) is 19.1 Å². The zero-order valence-electron chi connectivity index (χ0n) is 12.3. The van der Waals surface area contributed by atoms with Gasteiger partial charge in [-0.1, -0.05) is 61.6 Å². The molecular formula is C15H16Cl3N3. The molecule has 0 amide bonds. The van der Waals surface area contributed by atoms with E-state index in [1.54, 1.807) is 6.07 Å². The van der Waals surface area contributed by atoms with E-state index in [1.807, 2.05) is 39.8 Å². The van der Waals surface area contributed by atoms with Gasteiger partial charge in [-0.15, -0.1) is 0 Å². The Morgan fingerprint density at radius 2 is 1.71 bits per heavy atom. The van der Waals surface area contributed by atoms with Crippen LogP contribution in [0.2, 0.25) is 15.2 Å². The second kappa shape index (κ2) is 5.99. The van der Waals surface area contributed by atoms with Gasteiger partial charge in [0.25, 0.3) is 0 Å². The molecule has 3 nitrogen and oxygen atoms in total. The summed E-state index contributed by atoms with van der Waals surface area (Å²) in [6.07, 6.45) is 0. The lowest BCUT2D eigenvalue weighted by atomic mass is 9.95. The highest BCUT2D eigenvalue weighted by Gasteiger charge is 2.21. The van der Waals surface area contributed by atoms with Crippen LogP contribution in [-0.2, 0) is 5.41 Å². The SMILES string of the molecule is Cc1c(Cl)nc(C(C)(C)C)nc1Nc1cccc(Cl)c1Cl. The first-order valence-electron chi connectivity index (χ1n) is 6.46. The van der Waals surface area contributed by atoms with Crippen LogP contribution >= 0.6 is 34.8 Å². The van der Waals surface area contributed by atoms with E-state index in [0.29, 0.717) is 32.5 Å². The molecule has 6 heteroatoms. The minimum atomic E-state index is -0.202. The third-order valence-corrected chi connectivity index (χ3v) is 4.15. The molecule has 0 saturated carbocycles. The molecule has 112 valence electrons. The van der Waals surface area contributed by atoms with Crippen molar-refractivity contribution in [1.82, 2.24) is 9.97 Å². The van der Waals surface area contributed by atoms with Crippen molar-refractivity contribution in [3.05, 3.63) is 44.8 Å². The van der Waals surface area contributed by atoms with Crippen LogP contribution in [0.5, 0.6) is 0 Å². The Morgan fingerprint density at radius 1 is 1.05 bits per heavy atom. The van der Waals surface area contributed by atoms with Crippen LogP contribution in [-0.4, -0.2) is 9.97 Å². The van der Waals surface area contributed by atoms with Crippen molar-refractivity contribution >= 4 is 46.3 Å². The Bertz CT molecular complexity index is 679. The van der Waals surface area contributed by atoms with Gasteiger partial charge < -0.3 is 5.32 Å². The van der Waals surface area contributed by atoms with Crippen molar-refractivity contribution in [2.24, 2.45) is 0 Å². The highest BCUT2D eigenvalue weighted by Crippen LogP contribution is 2.33. The monoisotopic (exact) mass is 343 g/mol. The van der Waals surface area contributed by atoms with Gasteiger partial charge in [0.1, 0.15) is 16.8 Å². The molecule has 0 aliphatic carbocycles. The predicted molar refractivity (Wildman–Crippen MR) is 90.2 cm³/mol. The summed E-state index contributed by atoms with van der Waals surface area (Å²) < 4.78 is 0. The lowest BCUT2D eigenvalue weighted by Crippen LogP contribution is -2.17. The van der Waals surface area contributed by atoms with E-state index < -0.39 is 0 Å². The maximum atomic E-state index is 6.21. The van der Waals surface area contributed by atoms with Crippen molar-refractivity contribution in [3.63, 3.8) is 0 Å². The number of halogens is 3. The van der Waals surface area contributed by atoms with Crippen LogP contribution in [0.1, 0.15) is 32.2 Å². The lowest BCUT2D eigenvalue weighted by Gasteiger charge is -2.19. The van der Waals surface area contributed by atoms with E-state index in [2.05, 4.69) is 15.3 Å². The highest BCUT2D eigenvalue weighted by atomic mass is 35.5. The summed E-state index contributed by atoms with van der Waals surface area (Å²) in [5, 5.41) is 4.54. The van der Waals surface area contributed by atoms with Crippen molar-refractivity contribution in [1.29, 1.82) is 0 Å². The normalized spacial score (nSPS) is 11.6. The predicted octanol–water partition coefficient (Wildman–Crippen LogP) is 5.79. The fourth-order valence-corrected chi connectivity index (χ4v) is 2.19. The zero-order chi connectivity index (χ0) is 15.8. The van der Waals surface area contributed by atoms with Gasteiger partial charge in [-0.25, -0.2) is 9.97 Å². The number of benzene rings is 1. The molecule has 0 radical (unpaired) electrons. The number of aromatic nitrogens is 2. The molecule has 2 aromatic rings. The molecule has 0 saturated heterocycles. The van der Waals surface area contributed by atoms with Gasteiger partial charge in [-0.2, -0.15) is 0 Å². The van der Waals surface area contributed by atoms with Gasteiger partial charge in [-0.3, -0.25) is 0 Å². The molecule has 0 aliphatic heterocycles. The fraction of sp³-hybridized carbons (Fsp3) is 0.333. The first kappa shape index (κ1) is 16.3. The van der Waals surface area contributed by atoms with E-state index in [1.165, 1.54) is 0 Å². The molecule has 1 heterocycles. The molecule has 1 aromatic carbocycles. The number of rotatable bonds is 2.